The number of rotatable bonds is 7. The minimum atomic E-state index is -1.01. The third-order valence-corrected chi connectivity index (χ3v) is 5.72. The number of nitrogens with zero attached hydrogens (tertiary/aromatic N) is 1. The quantitative estimate of drug-likeness (QED) is 0.396. The number of esters is 2. The van der Waals surface area contributed by atoms with E-state index in [1.165, 1.54) is 11.3 Å². The molecule has 1 aliphatic carbocycles. The summed E-state index contributed by atoms with van der Waals surface area (Å²) in [7, 11) is 0. The van der Waals surface area contributed by atoms with Crippen molar-refractivity contribution in [2.75, 3.05) is 18.5 Å². The van der Waals surface area contributed by atoms with Gasteiger partial charge in [-0.1, -0.05) is 6.92 Å². The van der Waals surface area contributed by atoms with Gasteiger partial charge in [0.15, 0.2) is 6.61 Å². The van der Waals surface area contributed by atoms with Crippen molar-refractivity contribution >= 4 is 40.1 Å². The molecule has 0 aromatic carbocycles. The molecule has 160 valence electrons. The molecule has 0 spiro atoms. The molecule has 2 aromatic heterocycles. The lowest BCUT2D eigenvalue weighted by molar-refractivity contribution is -0.402. The summed E-state index contributed by atoms with van der Waals surface area (Å²) in [5.41, 5.74) is 1.25. The highest BCUT2D eigenvalue weighted by Crippen LogP contribution is 2.40. The van der Waals surface area contributed by atoms with Crippen LogP contribution in [0.2, 0.25) is 0 Å². The zero-order chi connectivity index (χ0) is 21.8. The first-order chi connectivity index (χ1) is 14.3. The highest BCUT2D eigenvalue weighted by atomic mass is 32.1. The Hall–Kier alpha value is -3.21. The summed E-state index contributed by atoms with van der Waals surface area (Å²) >= 11 is 1.32. The Balaban J connectivity index is 1.69. The number of hydrogen-bond acceptors (Lipinski definition) is 9. The molecule has 1 amide bonds. The van der Waals surface area contributed by atoms with Crippen molar-refractivity contribution < 1.29 is 33.2 Å². The van der Waals surface area contributed by atoms with Gasteiger partial charge in [-0.2, -0.15) is 0 Å². The third kappa shape index (κ3) is 4.67. The Labute approximate surface area is 175 Å². The van der Waals surface area contributed by atoms with E-state index in [0.717, 1.165) is 41.8 Å². The second kappa shape index (κ2) is 9.08. The Morgan fingerprint density at radius 2 is 2.07 bits per heavy atom. The molecular weight excluding hydrogens is 416 g/mol. The van der Waals surface area contributed by atoms with Crippen LogP contribution in [0.1, 0.15) is 51.6 Å². The molecule has 0 saturated carbocycles. The van der Waals surface area contributed by atoms with E-state index in [1.54, 1.807) is 6.92 Å². The van der Waals surface area contributed by atoms with Crippen LogP contribution >= 0.6 is 11.3 Å². The number of carbonyl (C=O) groups is 3. The molecule has 0 radical (unpaired) electrons. The van der Waals surface area contributed by atoms with Crippen LogP contribution in [0.15, 0.2) is 16.5 Å². The van der Waals surface area contributed by atoms with Crippen molar-refractivity contribution in [3.63, 3.8) is 0 Å². The number of nitrogens with one attached hydrogen (secondary N) is 1. The predicted molar refractivity (Wildman–Crippen MR) is 106 cm³/mol. The lowest BCUT2D eigenvalue weighted by Gasteiger charge is -2.18. The van der Waals surface area contributed by atoms with E-state index >= 15 is 0 Å². The van der Waals surface area contributed by atoms with E-state index in [2.05, 4.69) is 12.2 Å². The Bertz CT molecular complexity index is 993. The van der Waals surface area contributed by atoms with Crippen LogP contribution in [0.5, 0.6) is 0 Å². The van der Waals surface area contributed by atoms with Crippen LogP contribution in [0.25, 0.3) is 0 Å². The SMILES string of the molecule is CCOC(=O)c1c(NC(=O)COC(=O)c2ccc([N+](=O)[O-])o2)sc2c1CC[C@@H](C)C2. The van der Waals surface area contributed by atoms with E-state index < -0.39 is 35.3 Å². The Kier molecular flexibility index (Phi) is 6.50. The van der Waals surface area contributed by atoms with E-state index in [1.807, 2.05) is 0 Å². The summed E-state index contributed by atoms with van der Waals surface area (Å²) in [4.78, 5) is 47.5. The maximum absolute atomic E-state index is 12.5. The standard InChI is InChI=1S/C19H20N2O8S/c1-3-27-19(24)16-11-5-4-10(2)8-13(11)30-17(16)20-14(22)9-28-18(23)12-6-7-15(29-12)21(25)26/h6-7,10H,3-5,8-9H2,1-2H3,(H,20,22)/t10-/m1/s1. The van der Waals surface area contributed by atoms with Gasteiger partial charge in [0.05, 0.1) is 18.2 Å². The zero-order valence-corrected chi connectivity index (χ0v) is 17.2. The molecular formula is C19H20N2O8S. The Morgan fingerprint density at radius 3 is 2.73 bits per heavy atom. The summed E-state index contributed by atoms with van der Waals surface area (Å²) in [6, 6.07) is 2.10. The van der Waals surface area contributed by atoms with Gasteiger partial charge < -0.3 is 19.2 Å². The zero-order valence-electron chi connectivity index (χ0n) is 16.4. The third-order valence-electron chi connectivity index (χ3n) is 4.55. The maximum atomic E-state index is 12.5. The lowest BCUT2D eigenvalue weighted by Crippen LogP contribution is -2.22. The van der Waals surface area contributed by atoms with Crippen molar-refractivity contribution in [3.8, 4) is 0 Å². The number of thiophene rings is 1. The number of nitro groups is 1. The molecule has 2 aromatic rings. The fourth-order valence-corrected chi connectivity index (χ4v) is 4.57. The molecule has 0 saturated heterocycles. The summed E-state index contributed by atoms with van der Waals surface area (Å²) in [5, 5.41) is 13.6. The topological polar surface area (TPSA) is 138 Å². The van der Waals surface area contributed by atoms with E-state index in [4.69, 9.17) is 13.9 Å². The van der Waals surface area contributed by atoms with Gasteiger partial charge in [0.25, 0.3) is 5.91 Å². The number of furan rings is 1. The van der Waals surface area contributed by atoms with Crippen LogP contribution in [0, 0.1) is 16.0 Å². The van der Waals surface area contributed by atoms with Gasteiger partial charge in [0.2, 0.25) is 5.76 Å². The summed E-state index contributed by atoms with van der Waals surface area (Å²) in [6.45, 7) is 3.40. The molecule has 3 rings (SSSR count). The smallest absolute Gasteiger partial charge is 0.433 e. The fraction of sp³-hybridized carbons (Fsp3) is 0.421. The van der Waals surface area contributed by atoms with Gasteiger partial charge in [0, 0.05) is 4.88 Å². The molecule has 30 heavy (non-hydrogen) atoms. The first-order valence-electron chi connectivity index (χ1n) is 9.33. The number of carbonyl (C=O) groups excluding carboxylic acids is 3. The highest BCUT2D eigenvalue weighted by Gasteiger charge is 2.29. The van der Waals surface area contributed by atoms with Crippen molar-refractivity contribution in [3.05, 3.63) is 44.0 Å². The Morgan fingerprint density at radius 1 is 1.30 bits per heavy atom. The first-order valence-corrected chi connectivity index (χ1v) is 10.1. The van der Waals surface area contributed by atoms with Crippen LogP contribution in [0.4, 0.5) is 10.9 Å². The highest BCUT2D eigenvalue weighted by molar-refractivity contribution is 7.17. The lowest BCUT2D eigenvalue weighted by atomic mass is 9.88. The van der Waals surface area contributed by atoms with Crippen molar-refractivity contribution in [1.82, 2.24) is 0 Å². The van der Waals surface area contributed by atoms with E-state index in [0.29, 0.717) is 16.5 Å². The normalized spacial score (nSPS) is 15.2. The minimum absolute atomic E-state index is 0.208. The van der Waals surface area contributed by atoms with Crippen molar-refractivity contribution in [2.45, 2.75) is 33.1 Å². The van der Waals surface area contributed by atoms with Crippen LogP contribution in [-0.2, 0) is 27.1 Å². The number of ether oxygens (including phenoxy) is 2. The molecule has 0 fully saturated rings. The molecule has 11 heteroatoms. The van der Waals surface area contributed by atoms with Gasteiger partial charge in [-0.3, -0.25) is 14.9 Å². The summed E-state index contributed by atoms with van der Waals surface area (Å²) < 4.78 is 14.7. The second-order valence-corrected chi connectivity index (χ2v) is 7.90. The minimum Gasteiger partial charge on any atom is -0.462 e. The summed E-state index contributed by atoms with van der Waals surface area (Å²) in [5.74, 6) is -2.68. The number of amides is 1. The monoisotopic (exact) mass is 436 g/mol. The van der Waals surface area contributed by atoms with E-state index in [-0.39, 0.29) is 12.4 Å². The molecule has 1 aliphatic rings. The van der Waals surface area contributed by atoms with Gasteiger partial charge in [-0.05, 0) is 43.7 Å². The molecule has 1 atom stereocenters. The van der Waals surface area contributed by atoms with Gasteiger partial charge in [-0.25, -0.2) is 9.59 Å². The van der Waals surface area contributed by atoms with Crippen molar-refractivity contribution in [2.24, 2.45) is 5.92 Å². The molecule has 0 bridgehead atoms. The number of hydrogen-bond donors (Lipinski definition) is 1. The molecule has 2 heterocycles. The first kappa shape index (κ1) is 21.5. The summed E-state index contributed by atoms with van der Waals surface area (Å²) in [6.07, 6.45) is 2.48. The predicted octanol–water partition coefficient (Wildman–Crippen LogP) is 3.35. The van der Waals surface area contributed by atoms with Crippen LogP contribution < -0.4 is 5.32 Å². The maximum Gasteiger partial charge on any atom is 0.433 e. The molecule has 1 N–H and O–H groups in total. The number of fused-ring (bicyclic) bond motifs is 1. The van der Waals surface area contributed by atoms with E-state index in [9.17, 15) is 24.5 Å². The molecule has 0 aliphatic heterocycles. The van der Waals surface area contributed by atoms with Crippen LogP contribution in [0.3, 0.4) is 0 Å². The van der Waals surface area contributed by atoms with Gasteiger partial charge in [0.1, 0.15) is 9.92 Å². The fourth-order valence-electron chi connectivity index (χ4n) is 3.16. The van der Waals surface area contributed by atoms with Gasteiger partial charge in [-0.15, -0.1) is 11.3 Å². The molecule has 0 unspecified atom stereocenters. The average molecular weight is 436 g/mol. The van der Waals surface area contributed by atoms with Gasteiger partial charge >= 0.3 is 17.8 Å². The average Bonchev–Trinajstić information content (AvgIpc) is 3.31. The largest absolute Gasteiger partial charge is 0.462 e. The van der Waals surface area contributed by atoms with Crippen molar-refractivity contribution in [1.29, 1.82) is 0 Å². The molecule has 10 nitrogen and oxygen atoms in total. The second-order valence-electron chi connectivity index (χ2n) is 6.80. The number of anilines is 1. The van der Waals surface area contributed by atoms with Crippen LogP contribution in [-0.4, -0.2) is 36.0 Å².